The quantitative estimate of drug-likeness (QED) is 0.160. The number of amides is 1. The highest BCUT2D eigenvalue weighted by atomic mass is 19.4. The molecule has 0 radical (unpaired) electrons. The normalized spacial score (nSPS) is 19.1. The number of aromatic nitrogens is 2. The molecule has 4 aliphatic rings. The minimum Gasteiger partial charge on any atom is -0.481 e. The van der Waals surface area contributed by atoms with Gasteiger partial charge < -0.3 is 35.5 Å². The fourth-order valence-electron chi connectivity index (χ4n) is 8.03. The monoisotopic (exact) mass is 690 g/mol. The minimum absolute atomic E-state index is 0.0406. The number of alkyl halides is 3. The van der Waals surface area contributed by atoms with E-state index in [0.717, 1.165) is 56.4 Å². The molecule has 3 aliphatic heterocycles. The van der Waals surface area contributed by atoms with Gasteiger partial charge in [-0.3, -0.25) is 4.79 Å². The van der Waals surface area contributed by atoms with Gasteiger partial charge >= 0.3 is 6.18 Å². The molecular formula is C37H45F3N8O2. The number of carbonyl (C=O) groups excluding carboxylic acids is 1. The summed E-state index contributed by atoms with van der Waals surface area (Å²) in [7, 11) is 4.07. The van der Waals surface area contributed by atoms with Crippen molar-refractivity contribution in [3.63, 3.8) is 0 Å². The standard InChI is InChI=1S/C37H45F3N8O2/c1-5-29(49)48-19-36(20-48)10-12-46(13-11-36)34-26-14-25(24-7-8-24)31(30-22(2)6-9-28(42)27(30)15-41)33(50-21-37(38,39)40)32(26)43-35(44-34)47-17-23(18-47)16-45(3)4/h5-6,9,14-15,23-24,41H,1,7-8,10-13,16-21,42H2,2-4H3. The Balaban J connectivity index is 1.39. The van der Waals surface area contributed by atoms with E-state index in [0.29, 0.717) is 77.1 Å². The Morgan fingerprint density at radius 1 is 1.14 bits per heavy atom. The number of aryl methyl sites for hydroxylation is 1. The number of piperidine rings is 1. The first-order valence-electron chi connectivity index (χ1n) is 17.3. The van der Waals surface area contributed by atoms with E-state index < -0.39 is 12.8 Å². The highest BCUT2D eigenvalue weighted by molar-refractivity contribution is 6.05. The van der Waals surface area contributed by atoms with Gasteiger partial charge in [-0.25, -0.2) is 4.98 Å². The summed E-state index contributed by atoms with van der Waals surface area (Å²) in [6.45, 7) is 9.17. The van der Waals surface area contributed by atoms with Crippen molar-refractivity contribution < 1.29 is 22.7 Å². The van der Waals surface area contributed by atoms with E-state index in [2.05, 4.69) is 27.3 Å². The minimum atomic E-state index is -4.59. The topological polar surface area (TPSA) is 115 Å². The number of rotatable bonds is 10. The molecule has 3 saturated heterocycles. The van der Waals surface area contributed by atoms with Crippen LogP contribution in [0.4, 0.5) is 30.6 Å². The molecular weight excluding hydrogens is 645 g/mol. The Hall–Kier alpha value is -4.39. The van der Waals surface area contributed by atoms with E-state index in [1.165, 1.54) is 12.3 Å². The third-order valence-corrected chi connectivity index (χ3v) is 10.7. The van der Waals surface area contributed by atoms with Crippen LogP contribution in [0.25, 0.3) is 22.0 Å². The zero-order valence-electron chi connectivity index (χ0n) is 28.9. The lowest BCUT2D eigenvalue weighted by Crippen LogP contribution is -2.61. The molecule has 1 amide bonds. The van der Waals surface area contributed by atoms with Gasteiger partial charge in [-0.05, 0) is 87.5 Å². The van der Waals surface area contributed by atoms with Gasteiger partial charge in [-0.2, -0.15) is 18.2 Å². The lowest BCUT2D eigenvalue weighted by Gasteiger charge is -2.54. The van der Waals surface area contributed by atoms with Gasteiger partial charge in [0.05, 0.1) is 0 Å². The van der Waals surface area contributed by atoms with Crippen LogP contribution < -0.4 is 20.3 Å². The Morgan fingerprint density at radius 3 is 2.44 bits per heavy atom. The first-order chi connectivity index (χ1) is 23.8. The number of halogens is 3. The second-order valence-corrected chi connectivity index (χ2v) is 14.9. The summed E-state index contributed by atoms with van der Waals surface area (Å²) in [6, 6.07) is 5.61. The summed E-state index contributed by atoms with van der Waals surface area (Å²) < 4.78 is 47.8. The average molecular weight is 691 g/mol. The molecule has 3 aromatic rings. The molecule has 0 bridgehead atoms. The summed E-state index contributed by atoms with van der Waals surface area (Å²) in [5.74, 6) is 1.69. The fourth-order valence-corrected chi connectivity index (χ4v) is 8.03. The number of hydrogen-bond acceptors (Lipinski definition) is 9. The van der Waals surface area contributed by atoms with Crippen molar-refractivity contribution in [2.45, 2.75) is 44.7 Å². The maximum absolute atomic E-state index is 14.0. The van der Waals surface area contributed by atoms with Crippen LogP contribution in [0.5, 0.6) is 5.75 Å². The summed E-state index contributed by atoms with van der Waals surface area (Å²) in [4.78, 5) is 30.7. The van der Waals surface area contributed by atoms with E-state index in [4.69, 9.17) is 25.8 Å². The number of carbonyl (C=O) groups is 1. The van der Waals surface area contributed by atoms with E-state index in [9.17, 15) is 18.0 Å². The number of fused-ring (bicyclic) bond motifs is 1. The molecule has 2 aromatic carbocycles. The van der Waals surface area contributed by atoms with E-state index in [1.807, 2.05) is 32.0 Å². The van der Waals surface area contributed by atoms with Crippen molar-refractivity contribution in [2.75, 3.05) is 82.0 Å². The van der Waals surface area contributed by atoms with Gasteiger partial charge in [0.25, 0.3) is 0 Å². The fraction of sp³-hybridized carbons (Fsp3) is 0.514. The van der Waals surface area contributed by atoms with Crippen molar-refractivity contribution in [1.29, 1.82) is 5.41 Å². The van der Waals surface area contributed by atoms with Gasteiger partial charge in [-0.1, -0.05) is 12.6 Å². The highest BCUT2D eigenvalue weighted by Crippen LogP contribution is 2.53. The zero-order valence-corrected chi connectivity index (χ0v) is 28.9. The van der Waals surface area contributed by atoms with E-state index in [-0.39, 0.29) is 23.0 Å². The van der Waals surface area contributed by atoms with Crippen LogP contribution in [-0.4, -0.2) is 105 Å². The summed E-state index contributed by atoms with van der Waals surface area (Å²) in [5, 5.41) is 8.92. The first-order valence-corrected chi connectivity index (χ1v) is 17.3. The summed E-state index contributed by atoms with van der Waals surface area (Å²) >= 11 is 0. The number of nitrogens with two attached hydrogens (primary N) is 1. The van der Waals surface area contributed by atoms with Crippen molar-refractivity contribution in [1.82, 2.24) is 19.8 Å². The third kappa shape index (κ3) is 6.36. The van der Waals surface area contributed by atoms with E-state index in [1.54, 1.807) is 6.07 Å². The van der Waals surface area contributed by atoms with Crippen molar-refractivity contribution in [2.24, 2.45) is 11.3 Å². The Kier molecular flexibility index (Phi) is 8.68. The molecule has 0 unspecified atom stereocenters. The smallest absolute Gasteiger partial charge is 0.422 e. The van der Waals surface area contributed by atoms with Crippen molar-refractivity contribution in [3.05, 3.63) is 47.5 Å². The third-order valence-electron chi connectivity index (χ3n) is 10.7. The van der Waals surface area contributed by atoms with Crippen molar-refractivity contribution >= 4 is 40.5 Å². The largest absolute Gasteiger partial charge is 0.481 e. The molecule has 1 spiro atoms. The van der Waals surface area contributed by atoms with Crippen LogP contribution in [0.2, 0.25) is 0 Å². The first kappa shape index (κ1) is 34.1. The zero-order chi connectivity index (χ0) is 35.5. The Bertz CT molecular complexity index is 1830. The van der Waals surface area contributed by atoms with Gasteiger partial charge in [0.2, 0.25) is 11.9 Å². The molecule has 7 rings (SSSR count). The van der Waals surface area contributed by atoms with Crippen LogP contribution in [0.1, 0.15) is 48.3 Å². The van der Waals surface area contributed by atoms with Crippen molar-refractivity contribution in [3.8, 4) is 16.9 Å². The predicted molar refractivity (Wildman–Crippen MR) is 190 cm³/mol. The summed E-state index contributed by atoms with van der Waals surface area (Å²) in [5.41, 5.74) is 10.3. The number of anilines is 3. The lowest BCUT2D eigenvalue weighted by molar-refractivity contribution is -0.153. The molecule has 266 valence electrons. The lowest BCUT2D eigenvalue weighted by atomic mass is 9.72. The second kappa shape index (κ2) is 12.7. The highest BCUT2D eigenvalue weighted by Gasteiger charge is 2.47. The van der Waals surface area contributed by atoms with Crippen LogP contribution in [0.3, 0.4) is 0 Å². The molecule has 10 nitrogen and oxygen atoms in total. The number of likely N-dealkylation sites (tertiary alicyclic amines) is 1. The van der Waals surface area contributed by atoms with Gasteiger partial charge in [0.1, 0.15) is 11.3 Å². The number of hydrogen-bond donors (Lipinski definition) is 2. The van der Waals surface area contributed by atoms with Crippen LogP contribution in [0, 0.1) is 23.7 Å². The van der Waals surface area contributed by atoms with Crippen LogP contribution in [0.15, 0.2) is 30.9 Å². The number of nitrogens with one attached hydrogen (secondary N) is 1. The number of nitrogens with zero attached hydrogens (tertiary/aromatic N) is 6. The number of ether oxygens (including phenoxy) is 1. The van der Waals surface area contributed by atoms with Gasteiger partial charge in [0.15, 0.2) is 12.4 Å². The maximum atomic E-state index is 14.0. The van der Waals surface area contributed by atoms with Crippen LogP contribution in [-0.2, 0) is 4.79 Å². The predicted octanol–water partition coefficient (Wildman–Crippen LogP) is 5.62. The van der Waals surface area contributed by atoms with Crippen LogP contribution >= 0.6 is 0 Å². The summed E-state index contributed by atoms with van der Waals surface area (Å²) in [6.07, 6.45) is 1.44. The second-order valence-electron chi connectivity index (χ2n) is 14.9. The van der Waals surface area contributed by atoms with E-state index >= 15 is 0 Å². The molecule has 3 N–H and O–H groups in total. The van der Waals surface area contributed by atoms with Gasteiger partial charge in [-0.15, -0.1) is 0 Å². The number of nitrogen functional groups attached to an aromatic ring is 1. The molecule has 1 aromatic heterocycles. The van der Waals surface area contributed by atoms with Gasteiger partial charge in [0, 0.05) is 85.6 Å². The maximum Gasteiger partial charge on any atom is 0.422 e. The molecule has 0 atom stereocenters. The molecule has 1 saturated carbocycles. The molecule has 4 fully saturated rings. The molecule has 1 aliphatic carbocycles. The Labute approximate surface area is 290 Å². The number of benzene rings is 2. The molecule has 50 heavy (non-hydrogen) atoms. The SMILES string of the molecule is C=CC(=O)N1CC2(CCN(c3nc(N4CC(CN(C)C)C4)nc4c(OCC(F)(F)F)c(-c5c(C)ccc(N)c5C=N)c(C5CC5)cc34)CC2)C1. The molecule has 13 heteroatoms. The Morgan fingerprint density at radius 2 is 1.84 bits per heavy atom. The average Bonchev–Trinajstić information content (AvgIpc) is 3.89. The molecule has 4 heterocycles.